The third kappa shape index (κ3) is 3.02. The average Bonchev–Trinajstić information content (AvgIpc) is 2.94. The van der Waals surface area contributed by atoms with Crippen LogP contribution in [0.3, 0.4) is 0 Å². The summed E-state index contributed by atoms with van der Waals surface area (Å²) >= 11 is 0. The Morgan fingerprint density at radius 3 is 2.48 bits per heavy atom. The van der Waals surface area contributed by atoms with Gasteiger partial charge in [-0.15, -0.1) is 5.10 Å². The van der Waals surface area contributed by atoms with E-state index in [1.165, 1.54) is 11.1 Å². The molecule has 1 heterocycles. The van der Waals surface area contributed by atoms with Crippen LogP contribution < -0.4 is 10.5 Å². The molecule has 0 aliphatic rings. The van der Waals surface area contributed by atoms with Crippen LogP contribution in [-0.2, 0) is 6.61 Å². The van der Waals surface area contributed by atoms with Crippen molar-refractivity contribution >= 4 is 6.01 Å². The highest BCUT2D eigenvalue weighted by Crippen LogP contribution is 2.22. The summed E-state index contributed by atoms with van der Waals surface area (Å²) in [6.45, 7) is 2.61. The Hall–Kier alpha value is -2.82. The number of nitrogens with zero attached hydrogens (tertiary/aromatic N) is 2. The molecule has 5 heteroatoms. The molecule has 0 amide bonds. The third-order valence-corrected chi connectivity index (χ3v) is 3.20. The van der Waals surface area contributed by atoms with Crippen molar-refractivity contribution in [2.24, 2.45) is 0 Å². The molecule has 3 rings (SSSR count). The minimum absolute atomic E-state index is 0.0601. The van der Waals surface area contributed by atoms with Gasteiger partial charge in [-0.2, -0.15) is 0 Å². The SMILES string of the molecule is Cc1ccccc1COc1ccc(-c2nnc(N)o2)cc1. The van der Waals surface area contributed by atoms with Crippen molar-refractivity contribution in [2.75, 3.05) is 5.73 Å². The van der Waals surface area contributed by atoms with Crippen LogP contribution in [0.25, 0.3) is 11.5 Å². The summed E-state index contributed by atoms with van der Waals surface area (Å²) < 4.78 is 10.9. The van der Waals surface area contributed by atoms with Gasteiger partial charge >= 0.3 is 6.01 Å². The summed E-state index contributed by atoms with van der Waals surface area (Å²) in [5.74, 6) is 1.19. The Labute approximate surface area is 122 Å². The van der Waals surface area contributed by atoms with Crippen LogP contribution >= 0.6 is 0 Å². The highest BCUT2D eigenvalue weighted by atomic mass is 16.5. The molecule has 2 aromatic carbocycles. The number of rotatable bonds is 4. The second-order valence-corrected chi connectivity index (χ2v) is 4.68. The fraction of sp³-hybridized carbons (Fsp3) is 0.125. The molecule has 0 aliphatic heterocycles. The Morgan fingerprint density at radius 1 is 1.05 bits per heavy atom. The number of aromatic nitrogens is 2. The summed E-state index contributed by atoms with van der Waals surface area (Å²) in [4.78, 5) is 0. The normalized spacial score (nSPS) is 10.5. The molecule has 0 aliphatic carbocycles. The van der Waals surface area contributed by atoms with Gasteiger partial charge in [-0.3, -0.25) is 0 Å². The molecule has 3 aromatic rings. The predicted octanol–water partition coefficient (Wildman–Crippen LogP) is 3.21. The van der Waals surface area contributed by atoms with Crippen molar-refractivity contribution < 1.29 is 9.15 Å². The number of nitrogens with two attached hydrogens (primary N) is 1. The summed E-state index contributed by atoms with van der Waals surface area (Å²) in [6.07, 6.45) is 0. The summed E-state index contributed by atoms with van der Waals surface area (Å²) in [7, 11) is 0. The fourth-order valence-electron chi connectivity index (χ4n) is 1.98. The Balaban J connectivity index is 1.69. The Morgan fingerprint density at radius 2 is 1.81 bits per heavy atom. The lowest BCUT2D eigenvalue weighted by Crippen LogP contribution is -1.97. The molecule has 106 valence electrons. The third-order valence-electron chi connectivity index (χ3n) is 3.20. The van der Waals surface area contributed by atoms with Gasteiger partial charge in [0.15, 0.2) is 0 Å². The lowest BCUT2D eigenvalue weighted by molar-refractivity contribution is 0.305. The number of hydrogen-bond donors (Lipinski definition) is 1. The van der Waals surface area contributed by atoms with Crippen molar-refractivity contribution in [1.82, 2.24) is 10.2 Å². The van der Waals surface area contributed by atoms with Crippen molar-refractivity contribution in [3.8, 4) is 17.2 Å². The molecule has 0 saturated carbocycles. The zero-order chi connectivity index (χ0) is 14.7. The lowest BCUT2D eigenvalue weighted by Gasteiger charge is -2.08. The van der Waals surface area contributed by atoms with Gasteiger partial charge in [0, 0.05) is 5.56 Å². The molecule has 1 aromatic heterocycles. The minimum atomic E-state index is 0.0601. The molecule has 0 bridgehead atoms. The zero-order valence-corrected chi connectivity index (χ0v) is 11.6. The Bertz CT molecular complexity index is 735. The summed E-state index contributed by atoms with van der Waals surface area (Å²) in [6, 6.07) is 15.7. The molecular weight excluding hydrogens is 266 g/mol. The molecular formula is C16H15N3O2. The number of hydrogen-bond acceptors (Lipinski definition) is 5. The number of nitrogen functional groups attached to an aromatic ring is 1. The zero-order valence-electron chi connectivity index (χ0n) is 11.6. The first-order valence-corrected chi connectivity index (χ1v) is 6.59. The van der Waals surface area contributed by atoms with Crippen LogP contribution in [0.15, 0.2) is 52.9 Å². The van der Waals surface area contributed by atoms with Crippen molar-refractivity contribution in [1.29, 1.82) is 0 Å². The molecule has 0 fully saturated rings. The smallest absolute Gasteiger partial charge is 0.313 e. The number of anilines is 1. The van der Waals surface area contributed by atoms with Crippen molar-refractivity contribution in [2.45, 2.75) is 13.5 Å². The van der Waals surface area contributed by atoms with Crippen LogP contribution in [0, 0.1) is 6.92 Å². The number of aryl methyl sites for hydroxylation is 1. The average molecular weight is 281 g/mol. The van der Waals surface area contributed by atoms with E-state index in [2.05, 4.69) is 29.3 Å². The first kappa shape index (κ1) is 13.2. The summed E-state index contributed by atoms with van der Waals surface area (Å²) in [5.41, 5.74) is 8.61. The molecule has 0 saturated heterocycles. The first-order valence-electron chi connectivity index (χ1n) is 6.59. The number of benzene rings is 2. The van der Waals surface area contributed by atoms with Crippen LogP contribution in [0.2, 0.25) is 0 Å². The second kappa shape index (κ2) is 5.66. The van der Waals surface area contributed by atoms with E-state index in [0.717, 1.165) is 11.3 Å². The van der Waals surface area contributed by atoms with E-state index in [1.54, 1.807) is 0 Å². The summed E-state index contributed by atoms with van der Waals surface area (Å²) in [5, 5.41) is 7.47. The maximum absolute atomic E-state index is 5.78. The molecule has 0 radical (unpaired) electrons. The van der Waals surface area contributed by atoms with Crippen LogP contribution in [-0.4, -0.2) is 10.2 Å². The van der Waals surface area contributed by atoms with E-state index >= 15 is 0 Å². The van der Waals surface area contributed by atoms with E-state index in [4.69, 9.17) is 14.9 Å². The maximum Gasteiger partial charge on any atom is 0.313 e. The van der Waals surface area contributed by atoms with E-state index in [0.29, 0.717) is 12.5 Å². The standard InChI is InChI=1S/C16H15N3O2/c1-11-4-2-3-5-13(11)10-20-14-8-6-12(7-9-14)15-18-19-16(17)21-15/h2-9H,10H2,1H3,(H2,17,19). The van der Waals surface area contributed by atoms with E-state index in [1.807, 2.05) is 36.4 Å². The molecule has 0 spiro atoms. The quantitative estimate of drug-likeness (QED) is 0.794. The van der Waals surface area contributed by atoms with Gasteiger partial charge in [0.05, 0.1) is 0 Å². The van der Waals surface area contributed by atoms with E-state index in [9.17, 15) is 0 Å². The van der Waals surface area contributed by atoms with E-state index in [-0.39, 0.29) is 6.01 Å². The minimum Gasteiger partial charge on any atom is -0.489 e. The monoisotopic (exact) mass is 281 g/mol. The van der Waals surface area contributed by atoms with Crippen LogP contribution in [0.1, 0.15) is 11.1 Å². The van der Waals surface area contributed by atoms with Gasteiger partial charge in [0.1, 0.15) is 12.4 Å². The molecule has 21 heavy (non-hydrogen) atoms. The van der Waals surface area contributed by atoms with Gasteiger partial charge in [0.25, 0.3) is 0 Å². The van der Waals surface area contributed by atoms with Crippen LogP contribution in [0.4, 0.5) is 6.01 Å². The highest BCUT2D eigenvalue weighted by Gasteiger charge is 2.06. The van der Waals surface area contributed by atoms with Gasteiger partial charge in [-0.25, -0.2) is 0 Å². The van der Waals surface area contributed by atoms with Gasteiger partial charge in [-0.1, -0.05) is 29.4 Å². The van der Waals surface area contributed by atoms with E-state index < -0.39 is 0 Å². The van der Waals surface area contributed by atoms with Crippen LogP contribution in [0.5, 0.6) is 5.75 Å². The fourth-order valence-corrected chi connectivity index (χ4v) is 1.98. The number of ether oxygens (including phenoxy) is 1. The largest absolute Gasteiger partial charge is 0.489 e. The lowest BCUT2D eigenvalue weighted by atomic mass is 10.1. The van der Waals surface area contributed by atoms with Crippen molar-refractivity contribution in [3.63, 3.8) is 0 Å². The first-order chi connectivity index (χ1) is 10.2. The highest BCUT2D eigenvalue weighted by molar-refractivity contribution is 5.54. The van der Waals surface area contributed by atoms with Crippen molar-refractivity contribution in [3.05, 3.63) is 59.7 Å². The van der Waals surface area contributed by atoms with Gasteiger partial charge in [-0.05, 0) is 42.3 Å². The molecule has 5 nitrogen and oxygen atoms in total. The van der Waals surface area contributed by atoms with Gasteiger partial charge in [0.2, 0.25) is 5.89 Å². The maximum atomic E-state index is 5.78. The Kier molecular flexibility index (Phi) is 3.55. The van der Waals surface area contributed by atoms with Gasteiger partial charge < -0.3 is 14.9 Å². The molecule has 0 unspecified atom stereocenters. The second-order valence-electron chi connectivity index (χ2n) is 4.68. The molecule has 0 atom stereocenters. The predicted molar refractivity (Wildman–Crippen MR) is 79.7 cm³/mol. The topological polar surface area (TPSA) is 74.2 Å². The molecule has 2 N–H and O–H groups in total.